The van der Waals surface area contributed by atoms with Gasteiger partial charge in [-0.3, -0.25) is 4.90 Å². The Balaban J connectivity index is 1.63. The first-order valence-corrected chi connectivity index (χ1v) is 10.1. The summed E-state index contributed by atoms with van der Waals surface area (Å²) in [5.74, 6) is -1.38. The van der Waals surface area contributed by atoms with E-state index >= 15 is 0 Å². The molecule has 28 heavy (non-hydrogen) atoms. The monoisotopic (exact) mass is 433 g/mol. The molecule has 152 valence electrons. The van der Waals surface area contributed by atoms with Crippen LogP contribution in [0.15, 0.2) is 35.4 Å². The van der Waals surface area contributed by atoms with E-state index in [4.69, 9.17) is 11.6 Å². The SMILES string of the molecule is Cc1cc(F)c(N2CCN(Cc3ccc(Cl)nc3)CC2)cc1SCC(F)(F)F. The fourth-order valence-corrected chi connectivity index (χ4v) is 4.02. The highest BCUT2D eigenvalue weighted by atomic mass is 35.5. The molecule has 0 atom stereocenters. The van der Waals surface area contributed by atoms with E-state index in [1.54, 1.807) is 25.3 Å². The summed E-state index contributed by atoms with van der Waals surface area (Å²) >= 11 is 6.49. The first-order valence-electron chi connectivity index (χ1n) is 8.79. The van der Waals surface area contributed by atoms with Gasteiger partial charge in [-0.1, -0.05) is 17.7 Å². The van der Waals surface area contributed by atoms with Gasteiger partial charge < -0.3 is 4.90 Å². The van der Waals surface area contributed by atoms with Crippen molar-refractivity contribution in [2.45, 2.75) is 24.5 Å². The maximum atomic E-state index is 14.5. The van der Waals surface area contributed by atoms with Crippen molar-refractivity contribution >= 4 is 29.1 Å². The Kier molecular flexibility index (Phi) is 6.73. The molecule has 1 saturated heterocycles. The van der Waals surface area contributed by atoms with E-state index in [0.29, 0.717) is 46.2 Å². The average Bonchev–Trinajstić information content (AvgIpc) is 2.63. The van der Waals surface area contributed by atoms with Gasteiger partial charge in [0.1, 0.15) is 11.0 Å². The molecule has 0 radical (unpaired) electrons. The zero-order valence-corrected chi connectivity index (χ0v) is 16.8. The number of alkyl halides is 3. The predicted molar refractivity (Wildman–Crippen MR) is 105 cm³/mol. The Bertz CT molecular complexity index is 806. The molecule has 1 aliphatic rings. The maximum Gasteiger partial charge on any atom is 0.398 e. The van der Waals surface area contributed by atoms with E-state index < -0.39 is 17.7 Å². The quantitative estimate of drug-likeness (QED) is 0.368. The first-order chi connectivity index (χ1) is 13.2. The average molecular weight is 434 g/mol. The second-order valence-electron chi connectivity index (χ2n) is 6.73. The minimum absolute atomic E-state index is 0.364. The van der Waals surface area contributed by atoms with E-state index in [1.165, 1.54) is 6.07 Å². The van der Waals surface area contributed by atoms with Crippen LogP contribution in [0.2, 0.25) is 5.15 Å². The standard InChI is InChI=1S/C19H20ClF4N3S/c1-13-8-15(21)16(9-17(13)28-12-19(22,23)24)27-6-4-26(5-7-27)11-14-2-3-18(20)25-10-14/h2-3,8-10H,4-7,11-12H2,1H3. The molecule has 2 heterocycles. The predicted octanol–water partition coefficient (Wildman–Crippen LogP) is 5.16. The lowest BCUT2D eigenvalue weighted by molar-refractivity contribution is -0.105. The van der Waals surface area contributed by atoms with Crippen molar-refractivity contribution in [1.82, 2.24) is 9.88 Å². The van der Waals surface area contributed by atoms with Gasteiger partial charge in [0.2, 0.25) is 0 Å². The number of thioether (sulfide) groups is 1. The second-order valence-corrected chi connectivity index (χ2v) is 8.13. The van der Waals surface area contributed by atoms with Crippen molar-refractivity contribution in [3.05, 3.63) is 52.6 Å². The molecule has 1 aromatic carbocycles. The number of benzene rings is 1. The number of pyridine rings is 1. The van der Waals surface area contributed by atoms with E-state index in [1.807, 2.05) is 11.0 Å². The highest BCUT2D eigenvalue weighted by Gasteiger charge is 2.28. The molecule has 0 bridgehead atoms. The summed E-state index contributed by atoms with van der Waals surface area (Å²) in [5.41, 5.74) is 1.93. The summed E-state index contributed by atoms with van der Waals surface area (Å²) in [7, 11) is 0. The zero-order valence-electron chi connectivity index (χ0n) is 15.3. The number of rotatable bonds is 5. The Morgan fingerprint density at radius 1 is 1.14 bits per heavy atom. The topological polar surface area (TPSA) is 19.4 Å². The highest BCUT2D eigenvalue weighted by molar-refractivity contribution is 7.99. The van der Waals surface area contributed by atoms with Crippen molar-refractivity contribution in [3.63, 3.8) is 0 Å². The van der Waals surface area contributed by atoms with Gasteiger partial charge in [-0.15, -0.1) is 11.8 Å². The van der Waals surface area contributed by atoms with Crippen LogP contribution in [0.5, 0.6) is 0 Å². The molecule has 0 aliphatic carbocycles. The van der Waals surface area contributed by atoms with Crippen LogP contribution in [0, 0.1) is 12.7 Å². The van der Waals surface area contributed by atoms with Crippen LogP contribution >= 0.6 is 23.4 Å². The minimum Gasteiger partial charge on any atom is -0.367 e. The van der Waals surface area contributed by atoms with Gasteiger partial charge in [0, 0.05) is 43.8 Å². The fourth-order valence-electron chi connectivity index (χ4n) is 3.10. The normalized spacial score (nSPS) is 15.9. The van der Waals surface area contributed by atoms with Crippen LogP contribution in [0.1, 0.15) is 11.1 Å². The van der Waals surface area contributed by atoms with Crippen LogP contribution in [0.3, 0.4) is 0 Å². The van der Waals surface area contributed by atoms with Crippen LogP contribution in [0.25, 0.3) is 0 Å². The van der Waals surface area contributed by atoms with Gasteiger partial charge in [-0.2, -0.15) is 13.2 Å². The minimum atomic E-state index is -4.26. The number of nitrogens with zero attached hydrogens (tertiary/aromatic N) is 3. The Morgan fingerprint density at radius 2 is 1.86 bits per heavy atom. The zero-order chi connectivity index (χ0) is 20.3. The van der Waals surface area contributed by atoms with Crippen molar-refractivity contribution in [3.8, 4) is 0 Å². The number of hydrogen-bond donors (Lipinski definition) is 0. The molecular weight excluding hydrogens is 414 g/mol. The third-order valence-electron chi connectivity index (χ3n) is 4.54. The van der Waals surface area contributed by atoms with E-state index in [-0.39, 0.29) is 0 Å². The molecule has 0 amide bonds. The van der Waals surface area contributed by atoms with Gasteiger partial charge in [-0.05, 0) is 36.2 Å². The van der Waals surface area contributed by atoms with Crippen LogP contribution in [-0.2, 0) is 6.54 Å². The number of aryl methyl sites for hydroxylation is 1. The summed E-state index contributed by atoms with van der Waals surface area (Å²) in [5, 5.41) is 0.447. The third kappa shape index (κ3) is 5.75. The van der Waals surface area contributed by atoms with Gasteiger partial charge in [0.05, 0.1) is 11.4 Å². The molecule has 1 fully saturated rings. The Morgan fingerprint density at radius 3 is 2.46 bits per heavy atom. The van der Waals surface area contributed by atoms with Gasteiger partial charge >= 0.3 is 6.18 Å². The number of halogens is 5. The molecule has 1 aromatic heterocycles. The summed E-state index contributed by atoms with van der Waals surface area (Å²) < 4.78 is 52.1. The van der Waals surface area contributed by atoms with E-state index in [9.17, 15) is 17.6 Å². The van der Waals surface area contributed by atoms with Crippen molar-refractivity contribution in [2.24, 2.45) is 0 Å². The molecular formula is C19H20ClF4N3S. The number of hydrogen-bond acceptors (Lipinski definition) is 4. The maximum absolute atomic E-state index is 14.5. The largest absolute Gasteiger partial charge is 0.398 e. The smallest absolute Gasteiger partial charge is 0.367 e. The lowest BCUT2D eigenvalue weighted by atomic mass is 10.1. The number of piperazine rings is 1. The molecule has 0 spiro atoms. The van der Waals surface area contributed by atoms with Crippen LogP contribution in [0.4, 0.5) is 23.2 Å². The second kappa shape index (κ2) is 8.88. The number of aromatic nitrogens is 1. The van der Waals surface area contributed by atoms with Crippen LogP contribution in [-0.4, -0.2) is 48.0 Å². The fraction of sp³-hybridized carbons (Fsp3) is 0.421. The molecule has 3 nitrogen and oxygen atoms in total. The summed E-state index contributed by atoms with van der Waals surface area (Å²) in [6, 6.07) is 6.53. The van der Waals surface area contributed by atoms with Crippen molar-refractivity contribution in [2.75, 3.05) is 36.8 Å². The van der Waals surface area contributed by atoms with Gasteiger partial charge in [0.15, 0.2) is 0 Å². The van der Waals surface area contributed by atoms with E-state index in [0.717, 1.165) is 25.2 Å². The molecule has 3 rings (SSSR count). The third-order valence-corrected chi connectivity index (χ3v) is 5.99. The first kappa shape index (κ1) is 21.2. The molecule has 0 unspecified atom stereocenters. The summed E-state index contributed by atoms with van der Waals surface area (Å²) in [6.07, 6.45) is -2.52. The van der Waals surface area contributed by atoms with Gasteiger partial charge in [0.25, 0.3) is 0 Å². The van der Waals surface area contributed by atoms with Crippen molar-refractivity contribution < 1.29 is 17.6 Å². The van der Waals surface area contributed by atoms with Crippen molar-refractivity contribution in [1.29, 1.82) is 0 Å². The summed E-state index contributed by atoms with van der Waals surface area (Å²) in [4.78, 5) is 8.65. The highest BCUT2D eigenvalue weighted by Crippen LogP contribution is 2.34. The molecule has 0 saturated carbocycles. The molecule has 1 aliphatic heterocycles. The Labute approximate surface area is 170 Å². The summed E-state index contributed by atoms with van der Waals surface area (Å²) in [6.45, 7) is 5.00. The van der Waals surface area contributed by atoms with Gasteiger partial charge in [-0.25, -0.2) is 9.37 Å². The lowest BCUT2D eigenvalue weighted by Crippen LogP contribution is -2.46. The number of anilines is 1. The lowest BCUT2D eigenvalue weighted by Gasteiger charge is -2.36. The Hall–Kier alpha value is -1.51. The van der Waals surface area contributed by atoms with Crippen LogP contribution < -0.4 is 4.90 Å². The van der Waals surface area contributed by atoms with E-state index in [2.05, 4.69) is 9.88 Å². The molecule has 9 heteroatoms. The molecule has 2 aromatic rings. The molecule has 0 N–H and O–H groups in total.